The fourth-order valence-electron chi connectivity index (χ4n) is 1.63. The number of nitrogens with two attached hydrogens (primary N) is 1. The van der Waals surface area contributed by atoms with Crippen LogP contribution in [0.15, 0.2) is 0 Å². The quantitative estimate of drug-likeness (QED) is 0.786. The van der Waals surface area contributed by atoms with E-state index in [1.54, 1.807) is 11.8 Å². The molecule has 1 aliphatic rings. The van der Waals surface area contributed by atoms with Gasteiger partial charge in [-0.2, -0.15) is 11.8 Å². The fourth-order valence-corrected chi connectivity index (χ4v) is 4.20. The van der Waals surface area contributed by atoms with Gasteiger partial charge >= 0.3 is 0 Å². The van der Waals surface area contributed by atoms with Crippen LogP contribution in [0.1, 0.15) is 26.2 Å². The van der Waals surface area contributed by atoms with Gasteiger partial charge in [0.15, 0.2) is 0 Å². The molecule has 0 aromatic rings. The SMILES string of the molecule is CCCCC(CN)NC(=O)C1CSCCS1.Cl. The number of hydrogen-bond acceptors (Lipinski definition) is 4. The predicted octanol–water partition coefficient (Wildman–Crippen LogP) is 1.89. The van der Waals surface area contributed by atoms with Crippen LogP contribution < -0.4 is 11.1 Å². The first-order valence-corrected chi connectivity index (χ1v) is 8.18. The van der Waals surface area contributed by atoms with Crippen molar-refractivity contribution in [3.05, 3.63) is 0 Å². The lowest BCUT2D eigenvalue weighted by Gasteiger charge is -2.23. The van der Waals surface area contributed by atoms with E-state index in [-0.39, 0.29) is 29.6 Å². The molecule has 1 heterocycles. The molecule has 1 rings (SSSR count). The largest absolute Gasteiger partial charge is 0.351 e. The van der Waals surface area contributed by atoms with E-state index in [9.17, 15) is 4.79 Å². The fraction of sp³-hybridized carbons (Fsp3) is 0.909. The van der Waals surface area contributed by atoms with Crippen molar-refractivity contribution in [3.8, 4) is 0 Å². The molecular formula is C11H23ClN2OS2. The molecule has 17 heavy (non-hydrogen) atoms. The maximum atomic E-state index is 11.9. The van der Waals surface area contributed by atoms with Crippen LogP contribution in [0, 0.1) is 0 Å². The van der Waals surface area contributed by atoms with E-state index in [1.807, 2.05) is 11.8 Å². The molecule has 0 saturated carbocycles. The van der Waals surface area contributed by atoms with Gasteiger partial charge in [0.05, 0.1) is 5.25 Å². The summed E-state index contributed by atoms with van der Waals surface area (Å²) in [6.07, 6.45) is 3.29. The Balaban J connectivity index is 0.00000256. The second kappa shape index (κ2) is 10.4. The van der Waals surface area contributed by atoms with Gasteiger partial charge in [-0.05, 0) is 6.42 Å². The first-order valence-electron chi connectivity index (χ1n) is 5.97. The lowest BCUT2D eigenvalue weighted by molar-refractivity contribution is -0.120. The molecule has 6 heteroatoms. The highest BCUT2D eigenvalue weighted by molar-refractivity contribution is 8.07. The molecule has 102 valence electrons. The van der Waals surface area contributed by atoms with Crippen LogP contribution in [0.5, 0.6) is 0 Å². The lowest BCUT2D eigenvalue weighted by atomic mass is 10.1. The van der Waals surface area contributed by atoms with Crippen molar-refractivity contribution in [2.75, 3.05) is 23.8 Å². The van der Waals surface area contributed by atoms with E-state index in [0.29, 0.717) is 6.54 Å². The Bertz CT molecular complexity index is 214. The highest BCUT2D eigenvalue weighted by atomic mass is 35.5. The van der Waals surface area contributed by atoms with E-state index in [2.05, 4.69) is 12.2 Å². The van der Waals surface area contributed by atoms with Gasteiger partial charge < -0.3 is 11.1 Å². The van der Waals surface area contributed by atoms with E-state index < -0.39 is 0 Å². The maximum Gasteiger partial charge on any atom is 0.234 e. The lowest BCUT2D eigenvalue weighted by Crippen LogP contribution is -2.45. The highest BCUT2D eigenvalue weighted by Crippen LogP contribution is 2.24. The van der Waals surface area contributed by atoms with Crippen molar-refractivity contribution in [2.45, 2.75) is 37.5 Å². The Morgan fingerprint density at radius 1 is 1.53 bits per heavy atom. The second-order valence-corrected chi connectivity index (χ2v) is 6.48. The number of amides is 1. The molecule has 1 aliphatic heterocycles. The summed E-state index contributed by atoms with van der Waals surface area (Å²) in [4.78, 5) is 11.9. The molecule has 2 unspecified atom stereocenters. The normalized spacial score (nSPS) is 21.4. The first kappa shape index (κ1) is 17.4. The number of rotatable bonds is 6. The summed E-state index contributed by atoms with van der Waals surface area (Å²) in [7, 11) is 0. The molecule has 1 fully saturated rings. The Labute approximate surface area is 119 Å². The molecule has 0 radical (unpaired) electrons. The molecule has 1 amide bonds. The van der Waals surface area contributed by atoms with E-state index in [4.69, 9.17) is 5.73 Å². The van der Waals surface area contributed by atoms with Gasteiger partial charge in [0.2, 0.25) is 5.91 Å². The number of carbonyl (C=O) groups is 1. The van der Waals surface area contributed by atoms with E-state index in [0.717, 1.165) is 30.8 Å². The van der Waals surface area contributed by atoms with E-state index >= 15 is 0 Å². The van der Waals surface area contributed by atoms with Crippen molar-refractivity contribution in [1.82, 2.24) is 5.32 Å². The van der Waals surface area contributed by atoms with Crippen LogP contribution in [0.2, 0.25) is 0 Å². The first-order chi connectivity index (χ1) is 7.77. The molecule has 3 N–H and O–H groups in total. The smallest absolute Gasteiger partial charge is 0.234 e. The third kappa shape index (κ3) is 6.79. The summed E-state index contributed by atoms with van der Waals surface area (Å²) < 4.78 is 0. The average Bonchev–Trinajstić information content (AvgIpc) is 2.35. The Kier molecular flexibility index (Phi) is 10.6. The monoisotopic (exact) mass is 298 g/mol. The van der Waals surface area contributed by atoms with Gasteiger partial charge in [0, 0.05) is 29.8 Å². The Morgan fingerprint density at radius 3 is 2.82 bits per heavy atom. The number of thioether (sulfide) groups is 2. The summed E-state index contributed by atoms with van der Waals surface area (Å²) in [6, 6.07) is 0.167. The Morgan fingerprint density at radius 2 is 2.29 bits per heavy atom. The van der Waals surface area contributed by atoms with Gasteiger partial charge in [-0.15, -0.1) is 24.2 Å². The van der Waals surface area contributed by atoms with Crippen LogP contribution in [-0.4, -0.2) is 41.0 Å². The van der Waals surface area contributed by atoms with E-state index in [1.165, 1.54) is 5.75 Å². The van der Waals surface area contributed by atoms with Gasteiger partial charge in [-0.25, -0.2) is 0 Å². The zero-order valence-corrected chi connectivity index (χ0v) is 12.8. The minimum Gasteiger partial charge on any atom is -0.351 e. The molecule has 0 bridgehead atoms. The summed E-state index contributed by atoms with van der Waals surface area (Å²) in [6.45, 7) is 2.71. The zero-order valence-electron chi connectivity index (χ0n) is 10.3. The van der Waals surface area contributed by atoms with Crippen molar-refractivity contribution >= 4 is 41.8 Å². The maximum absolute atomic E-state index is 11.9. The molecular weight excluding hydrogens is 276 g/mol. The zero-order chi connectivity index (χ0) is 11.8. The minimum absolute atomic E-state index is 0. The van der Waals surface area contributed by atoms with Gasteiger partial charge in [0.1, 0.15) is 0 Å². The van der Waals surface area contributed by atoms with Crippen molar-refractivity contribution in [1.29, 1.82) is 0 Å². The summed E-state index contributed by atoms with van der Waals surface area (Å²) in [5.74, 6) is 3.39. The molecule has 0 spiro atoms. The van der Waals surface area contributed by atoms with Crippen LogP contribution in [0.25, 0.3) is 0 Å². The van der Waals surface area contributed by atoms with Crippen LogP contribution in [0.4, 0.5) is 0 Å². The average molecular weight is 299 g/mol. The summed E-state index contributed by atoms with van der Waals surface area (Å²) in [5.41, 5.74) is 5.66. The number of hydrogen-bond donors (Lipinski definition) is 2. The molecule has 1 saturated heterocycles. The van der Waals surface area contributed by atoms with Crippen molar-refractivity contribution < 1.29 is 4.79 Å². The minimum atomic E-state index is 0. The third-order valence-corrected chi connectivity index (χ3v) is 5.40. The molecule has 0 aliphatic carbocycles. The van der Waals surface area contributed by atoms with Gasteiger partial charge in [-0.1, -0.05) is 19.8 Å². The van der Waals surface area contributed by atoms with Gasteiger partial charge in [-0.3, -0.25) is 4.79 Å². The standard InChI is InChI=1S/C11H22N2OS2.ClH/c1-2-3-4-9(7-12)13-11(14)10-8-15-5-6-16-10;/h9-10H,2-8,12H2,1H3,(H,13,14);1H. The van der Waals surface area contributed by atoms with Gasteiger partial charge in [0.25, 0.3) is 0 Å². The Hall–Kier alpha value is 0.420. The van der Waals surface area contributed by atoms with Crippen LogP contribution >= 0.6 is 35.9 Å². The number of nitrogens with one attached hydrogen (secondary N) is 1. The number of unbranched alkanes of at least 4 members (excludes halogenated alkanes) is 1. The molecule has 0 aromatic heterocycles. The predicted molar refractivity (Wildman–Crippen MR) is 81.3 cm³/mol. The summed E-state index contributed by atoms with van der Waals surface area (Å²) in [5, 5.41) is 3.21. The topological polar surface area (TPSA) is 55.1 Å². The number of carbonyl (C=O) groups excluding carboxylic acids is 1. The van der Waals surface area contributed by atoms with Crippen LogP contribution in [-0.2, 0) is 4.79 Å². The second-order valence-electron chi connectivity index (χ2n) is 4.02. The van der Waals surface area contributed by atoms with Crippen molar-refractivity contribution in [2.24, 2.45) is 5.73 Å². The van der Waals surface area contributed by atoms with Crippen LogP contribution in [0.3, 0.4) is 0 Å². The summed E-state index contributed by atoms with van der Waals surface area (Å²) >= 11 is 3.64. The van der Waals surface area contributed by atoms with Crippen molar-refractivity contribution in [3.63, 3.8) is 0 Å². The third-order valence-electron chi connectivity index (χ3n) is 2.65. The number of halogens is 1. The molecule has 0 aromatic carbocycles. The molecule has 3 nitrogen and oxygen atoms in total. The molecule has 2 atom stereocenters. The highest BCUT2D eigenvalue weighted by Gasteiger charge is 2.23.